The third-order valence-electron chi connectivity index (χ3n) is 2.19. The Hall–Kier alpha value is -0.530. The molecule has 0 heterocycles. The lowest BCUT2D eigenvalue weighted by molar-refractivity contribution is 0.546. The van der Waals surface area contributed by atoms with Gasteiger partial charge in [-0.25, -0.2) is 0 Å². The summed E-state index contributed by atoms with van der Waals surface area (Å²) in [6.45, 7) is 0. The van der Waals surface area contributed by atoms with Crippen LogP contribution in [-0.4, -0.2) is 19.0 Å². The molecule has 1 aromatic rings. The summed E-state index contributed by atoms with van der Waals surface area (Å²) in [6, 6.07) is 11.0. The van der Waals surface area contributed by atoms with Crippen molar-refractivity contribution in [1.82, 2.24) is 5.32 Å². The summed E-state index contributed by atoms with van der Waals surface area (Å²) in [5.41, 5.74) is 1.37. The van der Waals surface area contributed by atoms with Gasteiger partial charge in [0.05, 0.1) is 0 Å². The van der Waals surface area contributed by atoms with Gasteiger partial charge < -0.3 is 5.32 Å². The summed E-state index contributed by atoms with van der Waals surface area (Å²) >= 11 is 5.70. The van der Waals surface area contributed by atoms with Gasteiger partial charge in [-0.1, -0.05) is 30.3 Å². The predicted octanol–water partition coefficient (Wildman–Crippen LogP) is 2.45. The lowest BCUT2D eigenvalue weighted by atomic mass is 10.0. The maximum atomic E-state index is 5.70. The van der Waals surface area contributed by atoms with E-state index in [4.69, 9.17) is 11.6 Å². The molecule has 0 unspecified atom stereocenters. The Bertz CT molecular complexity index is 223. The van der Waals surface area contributed by atoms with Gasteiger partial charge in [-0.2, -0.15) is 0 Å². The average Bonchev–Trinajstić information content (AvgIpc) is 2.19. The van der Waals surface area contributed by atoms with Gasteiger partial charge in [-0.05, 0) is 25.5 Å². The second kappa shape index (κ2) is 6.01. The molecule has 0 bridgehead atoms. The highest BCUT2D eigenvalue weighted by Crippen LogP contribution is 2.05. The van der Waals surface area contributed by atoms with Crippen molar-refractivity contribution in [3.8, 4) is 0 Å². The highest BCUT2D eigenvalue weighted by molar-refractivity contribution is 6.17. The Morgan fingerprint density at radius 2 is 2.00 bits per heavy atom. The van der Waals surface area contributed by atoms with Crippen molar-refractivity contribution in [1.29, 1.82) is 0 Å². The van der Waals surface area contributed by atoms with Gasteiger partial charge in [-0.15, -0.1) is 11.6 Å². The Morgan fingerprint density at radius 3 is 2.54 bits per heavy atom. The van der Waals surface area contributed by atoms with E-state index in [-0.39, 0.29) is 0 Å². The third kappa shape index (κ3) is 3.79. The molecule has 0 aliphatic carbocycles. The van der Waals surface area contributed by atoms with Crippen LogP contribution < -0.4 is 5.32 Å². The summed E-state index contributed by atoms with van der Waals surface area (Å²) in [7, 11) is 1.99. The predicted molar refractivity (Wildman–Crippen MR) is 58.3 cm³/mol. The van der Waals surface area contributed by atoms with Crippen LogP contribution in [0.1, 0.15) is 12.0 Å². The summed E-state index contributed by atoms with van der Waals surface area (Å²) in [4.78, 5) is 0. The summed E-state index contributed by atoms with van der Waals surface area (Å²) in [5, 5.41) is 3.27. The molecular weight excluding hydrogens is 182 g/mol. The van der Waals surface area contributed by atoms with Gasteiger partial charge in [-0.3, -0.25) is 0 Å². The van der Waals surface area contributed by atoms with Crippen LogP contribution in [0.3, 0.4) is 0 Å². The van der Waals surface area contributed by atoms with Crippen LogP contribution in [0.5, 0.6) is 0 Å². The molecule has 0 spiro atoms. The number of hydrogen-bond acceptors (Lipinski definition) is 1. The Balaban J connectivity index is 2.46. The molecule has 0 saturated carbocycles. The molecule has 1 nitrogen and oxygen atoms in total. The van der Waals surface area contributed by atoms with Crippen molar-refractivity contribution < 1.29 is 0 Å². The number of benzene rings is 1. The normalized spacial score (nSPS) is 12.8. The Kier molecular flexibility index (Phi) is 4.87. The van der Waals surface area contributed by atoms with E-state index in [0.717, 1.165) is 18.7 Å². The minimum atomic E-state index is 0.500. The summed E-state index contributed by atoms with van der Waals surface area (Å²) < 4.78 is 0. The van der Waals surface area contributed by atoms with Crippen LogP contribution in [0, 0.1) is 0 Å². The zero-order valence-electron chi connectivity index (χ0n) is 7.96. The van der Waals surface area contributed by atoms with Crippen molar-refractivity contribution in [3.05, 3.63) is 35.9 Å². The first-order chi connectivity index (χ1) is 6.36. The largest absolute Gasteiger partial charge is 0.317 e. The number of likely N-dealkylation sites (N-methyl/N-ethyl adjacent to an activating group) is 1. The van der Waals surface area contributed by atoms with E-state index in [2.05, 4.69) is 29.6 Å². The molecule has 1 atom stereocenters. The van der Waals surface area contributed by atoms with E-state index >= 15 is 0 Å². The highest BCUT2D eigenvalue weighted by Gasteiger charge is 2.05. The maximum absolute atomic E-state index is 5.70. The van der Waals surface area contributed by atoms with Crippen molar-refractivity contribution in [2.75, 3.05) is 12.9 Å². The second-order valence-electron chi connectivity index (χ2n) is 3.15. The topological polar surface area (TPSA) is 12.0 Å². The van der Waals surface area contributed by atoms with Crippen LogP contribution in [0.4, 0.5) is 0 Å². The summed E-state index contributed by atoms with van der Waals surface area (Å²) in [6.07, 6.45) is 2.08. The van der Waals surface area contributed by atoms with Gasteiger partial charge in [0.15, 0.2) is 0 Å². The minimum Gasteiger partial charge on any atom is -0.317 e. The smallest absolute Gasteiger partial charge is 0.0238 e. The standard InChI is InChI=1S/C11H16ClN/c1-13-11(7-8-12)9-10-5-3-2-4-6-10/h2-6,11,13H,7-9H2,1H3/t11-/m1/s1. The first kappa shape index (κ1) is 10.6. The van der Waals surface area contributed by atoms with Crippen molar-refractivity contribution in [2.45, 2.75) is 18.9 Å². The van der Waals surface area contributed by atoms with Gasteiger partial charge >= 0.3 is 0 Å². The molecule has 0 radical (unpaired) electrons. The van der Waals surface area contributed by atoms with E-state index in [0.29, 0.717) is 6.04 Å². The van der Waals surface area contributed by atoms with E-state index in [1.54, 1.807) is 0 Å². The molecule has 0 aromatic heterocycles. The zero-order chi connectivity index (χ0) is 9.52. The first-order valence-corrected chi connectivity index (χ1v) is 5.17. The molecule has 0 amide bonds. The van der Waals surface area contributed by atoms with Crippen LogP contribution in [-0.2, 0) is 6.42 Å². The van der Waals surface area contributed by atoms with E-state index in [1.165, 1.54) is 5.56 Å². The molecule has 13 heavy (non-hydrogen) atoms. The number of hydrogen-bond donors (Lipinski definition) is 1. The molecule has 1 aromatic carbocycles. The fourth-order valence-corrected chi connectivity index (χ4v) is 1.64. The Morgan fingerprint density at radius 1 is 1.31 bits per heavy atom. The quantitative estimate of drug-likeness (QED) is 0.716. The van der Waals surface area contributed by atoms with Gasteiger partial charge in [0.25, 0.3) is 0 Å². The molecule has 0 aliphatic heterocycles. The van der Waals surface area contributed by atoms with E-state index < -0.39 is 0 Å². The van der Waals surface area contributed by atoms with Gasteiger partial charge in [0.1, 0.15) is 0 Å². The highest BCUT2D eigenvalue weighted by atomic mass is 35.5. The zero-order valence-corrected chi connectivity index (χ0v) is 8.72. The van der Waals surface area contributed by atoms with Gasteiger partial charge in [0, 0.05) is 11.9 Å². The monoisotopic (exact) mass is 197 g/mol. The van der Waals surface area contributed by atoms with Crippen LogP contribution in [0.15, 0.2) is 30.3 Å². The molecule has 0 saturated heterocycles. The molecule has 1 N–H and O–H groups in total. The minimum absolute atomic E-state index is 0.500. The second-order valence-corrected chi connectivity index (χ2v) is 3.53. The fourth-order valence-electron chi connectivity index (χ4n) is 1.38. The van der Waals surface area contributed by atoms with E-state index in [9.17, 15) is 0 Å². The van der Waals surface area contributed by atoms with Crippen molar-refractivity contribution in [2.24, 2.45) is 0 Å². The molecule has 0 fully saturated rings. The third-order valence-corrected chi connectivity index (χ3v) is 2.41. The molecule has 72 valence electrons. The SMILES string of the molecule is CN[C@H](CCCl)Cc1ccccc1. The maximum Gasteiger partial charge on any atom is 0.0238 e. The molecule has 2 heteroatoms. The molecule has 1 rings (SSSR count). The van der Waals surface area contributed by atoms with Crippen LogP contribution >= 0.6 is 11.6 Å². The number of halogens is 1. The average molecular weight is 198 g/mol. The Labute approximate surface area is 85.1 Å². The number of nitrogens with one attached hydrogen (secondary N) is 1. The van der Waals surface area contributed by atoms with Crippen LogP contribution in [0.25, 0.3) is 0 Å². The summed E-state index contributed by atoms with van der Waals surface area (Å²) in [5.74, 6) is 0.721. The first-order valence-electron chi connectivity index (χ1n) is 4.64. The lowest BCUT2D eigenvalue weighted by Gasteiger charge is -2.14. The van der Waals surface area contributed by atoms with Crippen molar-refractivity contribution >= 4 is 11.6 Å². The fraction of sp³-hybridized carbons (Fsp3) is 0.455. The number of alkyl halides is 1. The van der Waals surface area contributed by atoms with Crippen molar-refractivity contribution in [3.63, 3.8) is 0 Å². The lowest BCUT2D eigenvalue weighted by Crippen LogP contribution is -2.27. The van der Waals surface area contributed by atoms with E-state index in [1.807, 2.05) is 13.1 Å². The number of rotatable bonds is 5. The van der Waals surface area contributed by atoms with Gasteiger partial charge in [0.2, 0.25) is 0 Å². The molecule has 0 aliphatic rings. The molecular formula is C11H16ClN. The van der Waals surface area contributed by atoms with Crippen LogP contribution in [0.2, 0.25) is 0 Å².